The molecular weight excluding hydrogens is 330 g/mol. The van der Waals surface area contributed by atoms with E-state index in [0.717, 1.165) is 34.9 Å². The summed E-state index contributed by atoms with van der Waals surface area (Å²) in [5, 5.41) is 4.08. The molecule has 4 fully saturated rings. The van der Waals surface area contributed by atoms with E-state index in [1.54, 1.807) is 0 Å². The Kier molecular flexibility index (Phi) is 4.60. The van der Waals surface area contributed by atoms with E-state index in [0.29, 0.717) is 5.41 Å². The van der Waals surface area contributed by atoms with Crippen LogP contribution in [0.4, 0.5) is 0 Å². The molecule has 0 heterocycles. The highest BCUT2D eigenvalue weighted by Gasteiger charge is 2.50. The Balaban J connectivity index is 1.44. The van der Waals surface area contributed by atoms with Crippen LogP contribution in [0.1, 0.15) is 63.9 Å². The van der Waals surface area contributed by atoms with Gasteiger partial charge in [-0.25, -0.2) is 0 Å². The van der Waals surface area contributed by atoms with Crippen LogP contribution in [0.2, 0.25) is 5.02 Å². The van der Waals surface area contributed by atoms with Gasteiger partial charge in [-0.3, -0.25) is 4.79 Å². The number of amides is 1. The molecule has 4 aliphatic carbocycles. The molecule has 5 rings (SSSR count). The maximum Gasteiger partial charge on any atom is 0.227 e. The quantitative estimate of drug-likeness (QED) is 0.747. The molecule has 0 unspecified atom stereocenters. The highest BCUT2D eigenvalue weighted by molar-refractivity contribution is 6.30. The summed E-state index contributed by atoms with van der Waals surface area (Å²) < 4.78 is 0. The third-order valence-corrected chi connectivity index (χ3v) is 7.23. The summed E-state index contributed by atoms with van der Waals surface area (Å²) in [6, 6.07) is 7.77. The lowest BCUT2D eigenvalue weighted by Gasteiger charge is -2.57. The summed E-state index contributed by atoms with van der Waals surface area (Å²) in [5.41, 5.74) is 1.47. The zero-order chi connectivity index (χ0) is 17.6. The molecule has 1 amide bonds. The smallest absolute Gasteiger partial charge is 0.227 e. The first kappa shape index (κ1) is 17.4. The van der Waals surface area contributed by atoms with Crippen molar-refractivity contribution in [2.24, 2.45) is 29.1 Å². The van der Waals surface area contributed by atoms with Gasteiger partial charge in [0.15, 0.2) is 0 Å². The third-order valence-electron chi connectivity index (χ3n) is 6.98. The van der Waals surface area contributed by atoms with E-state index in [-0.39, 0.29) is 17.7 Å². The Morgan fingerprint density at radius 2 is 1.60 bits per heavy atom. The molecule has 1 aromatic rings. The molecule has 136 valence electrons. The van der Waals surface area contributed by atoms with Crippen LogP contribution >= 0.6 is 11.6 Å². The molecule has 4 saturated carbocycles. The van der Waals surface area contributed by atoms with Crippen molar-refractivity contribution < 1.29 is 4.79 Å². The number of carbonyl (C=O) groups is 1. The summed E-state index contributed by atoms with van der Waals surface area (Å²) in [6.45, 7) is 5.14. The standard InChI is InChI=1S/C22H30ClNO/c1-14(2)20(18-3-5-19(23)6-4-18)21(25)24-13-22-10-15-7-16(11-22)9-17(8-15)12-22/h3-6,14-17,20H,7-13H2,1-2H3,(H,24,25)/t15?,16?,17?,20-,22?/m0/s1. The van der Waals surface area contributed by atoms with Crippen molar-refractivity contribution in [3.63, 3.8) is 0 Å². The molecule has 4 bridgehead atoms. The molecule has 0 aliphatic heterocycles. The summed E-state index contributed by atoms with van der Waals surface area (Å²) in [6.07, 6.45) is 8.37. The van der Waals surface area contributed by atoms with E-state index in [4.69, 9.17) is 11.6 Å². The van der Waals surface area contributed by atoms with Gasteiger partial charge in [0.2, 0.25) is 5.91 Å². The predicted octanol–water partition coefficient (Wildman–Crippen LogP) is 5.41. The van der Waals surface area contributed by atoms with Crippen LogP contribution in [-0.2, 0) is 4.79 Å². The average Bonchev–Trinajstić information content (AvgIpc) is 2.53. The number of carbonyl (C=O) groups excluding carboxylic acids is 1. The largest absolute Gasteiger partial charge is 0.355 e. The van der Waals surface area contributed by atoms with Gasteiger partial charge in [-0.05, 0) is 85.3 Å². The zero-order valence-corrected chi connectivity index (χ0v) is 16.2. The molecule has 1 aromatic carbocycles. The third kappa shape index (κ3) is 3.47. The number of halogens is 1. The van der Waals surface area contributed by atoms with Gasteiger partial charge in [0.05, 0.1) is 5.92 Å². The maximum absolute atomic E-state index is 13.0. The van der Waals surface area contributed by atoms with Crippen LogP contribution in [0.5, 0.6) is 0 Å². The van der Waals surface area contributed by atoms with E-state index in [2.05, 4.69) is 19.2 Å². The summed E-state index contributed by atoms with van der Waals surface area (Å²) in [7, 11) is 0. The molecule has 1 N–H and O–H groups in total. The van der Waals surface area contributed by atoms with Crippen LogP contribution in [0.25, 0.3) is 0 Å². The molecule has 4 aliphatic rings. The lowest BCUT2D eigenvalue weighted by Crippen LogP contribution is -2.51. The summed E-state index contributed by atoms with van der Waals surface area (Å²) in [5.74, 6) is 3.16. The van der Waals surface area contributed by atoms with Crippen molar-refractivity contribution in [1.29, 1.82) is 0 Å². The second kappa shape index (κ2) is 6.61. The minimum absolute atomic E-state index is 0.0915. The van der Waals surface area contributed by atoms with Crippen LogP contribution in [0, 0.1) is 29.1 Å². The van der Waals surface area contributed by atoms with Crippen LogP contribution in [0.15, 0.2) is 24.3 Å². The topological polar surface area (TPSA) is 29.1 Å². The normalized spacial score (nSPS) is 34.3. The van der Waals surface area contributed by atoms with Gasteiger partial charge in [0.1, 0.15) is 0 Å². The lowest BCUT2D eigenvalue weighted by molar-refractivity contribution is -0.125. The maximum atomic E-state index is 13.0. The van der Waals surface area contributed by atoms with Crippen molar-refractivity contribution in [3.05, 3.63) is 34.9 Å². The Morgan fingerprint density at radius 3 is 2.08 bits per heavy atom. The van der Waals surface area contributed by atoms with E-state index < -0.39 is 0 Å². The number of benzene rings is 1. The molecule has 25 heavy (non-hydrogen) atoms. The fraction of sp³-hybridized carbons (Fsp3) is 0.682. The first-order chi connectivity index (χ1) is 11.9. The van der Waals surface area contributed by atoms with Crippen LogP contribution in [-0.4, -0.2) is 12.5 Å². The first-order valence-electron chi connectivity index (χ1n) is 9.97. The van der Waals surface area contributed by atoms with E-state index in [1.807, 2.05) is 24.3 Å². The fourth-order valence-electron chi connectivity index (χ4n) is 6.40. The zero-order valence-electron chi connectivity index (χ0n) is 15.4. The Bertz CT molecular complexity index is 601. The second-order valence-electron chi connectivity index (χ2n) is 9.41. The molecule has 3 heteroatoms. The lowest BCUT2D eigenvalue weighted by atomic mass is 9.49. The van der Waals surface area contributed by atoms with E-state index in [1.165, 1.54) is 38.5 Å². The van der Waals surface area contributed by atoms with E-state index in [9.17, 15) is 4.79 Å². The first-order valence-corrected chi connectivity index (χ1v) is 10.3. The van der Waals surface area contributed by atoms with Crippen LogP contribution < -0.4 is 5.32 Å². The Morgan fingerprint density at radius 1 is 1.08 bits per heavy atom. The molecule has 2 nitrogen and oxygen atoms in total. The summed E-state index contributed by atoms with van der Waals surface area (Å²) >= 11 is 6.01. The second-order valence-corrected chi connectivity index (χ2v) is 9.85. The molecule has 0 aromatic heterocycles. The van der Waals surface area contributed by atoms with Gasteiger partial charge in [0, 0.05) is 11.6 Å². The number of rotatable bonds is 5. The Hall–Kier alpha value is -1.02. The SMILES string of the molecule is CC(C)[C@H](C(=O)NCC12CC3CC(CC(C3)C1)C2)c1ccc(Cl)cc1. The van der Waals surface area contributed by atoms with Crippen molar-refractivity contribution in [1.82, 2.24) is 5.32 Å². The highest BCUT2D eigenvalue weighted by Crippen LogP contribution is 2.59. The highest BCUT2D eigenvalue weighted by atomic mass is 35.5. The van der Waals surface area contributed by atoms with Crippen LogP contribution in [0.3, 0.4) is 0 Å². The van der Waals surface area contributed by atoms with Gasteiger partial charge >= 0.3 is 0 Å². The van der Waals surface area contributed by atoms with Gasteiger partial charge in [-0.1, -0.05) is 37.6 Å². The molecule has 0 saturated heterocycles. The van der Waals surface area contributed by atoms with Gasteiger partial charge in [-0.2, -0.15) is 0 Å². The Labute approximate surface area is 156 Å². The number of nitrogens with one attached hydrogen (secondary N) is 1. The van der Waals surface area contributed by atoms with Crippen molar-refractivity contribution in [3.8, 4) is 0 Å². The van der Waals surface area contributed by atoms with Crippen molar-refractivity contribution in [2.75, 3.05) is 6.54 Å². The molecule has 1 atom stereocenters. The molecule has 0 radical (unpaired) electrons. The van der Waals surface area contributed by atoms with Crippen molar-refractivity contribution >= 4 is 17.5 Å². The predicted molar refractivity (Wildman–Crippen MR) is 103 cm³/mol. The average molecular weight is 360 g/mol. The fourth-order valence-corrected chi connectivity index (χ4v) is 6.53. The van der Waals surface area contributed by atoms with Crippen molar-refractivity contribution in [2.45, 2.75) is 58.3 Å². The molecule has 0 spiro atoms. The van der Waals surface area contributed by atoms with E-state index >= 15 is 0 Å². The number of hydrogen-bond donors (Lipinski definition) is 1. The van der Waals surface area contributed by atoms with Gasteiger partial charge < -0.3 is 5.32 Å². The monoisotopic (exact) mass is 359 g/mol. The number of hydrogen-bond acceptors (Lipinski definition) is 1. The summed E-state index contributed by atoms with van der Waals surface area (Å²) in [4.78, 5) is 13.0. The van der Waals surface area contributed by atoms with Gasteiger partial charge in [-0.15, -0.1) is 0 Å². The molecular formula is C22H30ClNO. The minimum atomic E-state index is -0.0915. The minimum Gasteiger partial charge on any atom is -0.355 e. The van der Waals surface area contributed by atoms with Gasteiger partial charge in [0.25, 0.3) is 0 Å².